The molecule has 4 heteroatoms. The van der Waals surface area contributed by atoms with Gasteiger partial charge in [0.1, 0.15) is 5.75 Å². The van der Waals surface area contributed by atoms with Crippen molar-refractivity contribution in [3.63, 3.8) is 0 Å². The molecule has 0 aliphatic carbocycles. The Hall–Kier alpha value is -2.49. The van der Waals surface area contributed by atoms with Crippen molar-refractivity contribution in [3.05, 3.63) is 53.8 Å². The van der Waals surface area contributed by atoms with Gasteiger partial charge in [-0.3, -0.25) is 14.6 Å². The van der Waals surface area contributed by atoms with Crippen molar-refractivity contribution < 1.29 is 14.3 Å². The van der Waals surface area contributed by atoms with Gasteiger partial charge in [-0.2, -0.15) is 0 Å². The van der Waals surface area contributed by atoms with Crippen LogP contribution in [0.2, 0.25) is 0 Å². The van der Waals surface area contributed by atoms with Gasteiger partial charge in [-0.25, -0.2) is 0 Å². The number of ether oxygens (including phenoxy) is 1. The average Bonchev–Trinajstić information content (AvgIpc) is 2.52. The Morgan fingerprint density at radius 1 is 1.24 bits per heavy atom. The summed E-state index contributed by atoms with van der Waals surface area (Å²) in [6.07, 6.45) is 5.20. The van der Waals surface area contributed by atoms with Crippen LogP contribution in [0.25, 0.3) is 0 Å². The normalized spacial score (nSPS) is 11.4. The van der Waals surface area contributed by atoms with E-state index < -0.39 is 0 Å². The number of aliphatic imine (C=N–C) groups is 1. The van der Waals surface area contributed by atoms with Gasteiger partial charge in [0.2, 0.25) is 0 Å². The monoisotopic (exact) mass is 285 g/mol. The zero-order chi connectivity index (χ0) is 15.7. The van der Waals surface area contributed by atoms with E-state index in [0.29, 0.717) is 16.9 Å². The largest absolute Gasteiger partial charge is 0.497 e. The highest BCUT2D eigenvalue weighted by Crippen LogP contribution is 2.14. The summed E-state index contributed by atoms with van der Waals surface area (Å²) in [6, 6.07) is 6.86. The minimum Gasteiger partial charge on any atom is -0.497 e. The van der Waals surface area contributed by atoms with Gasteiger partial charge in [-0.05, 0) is 49.6 Å². The Morgan fingerprint density at radius 2 is 1.90 bits per heavy atom. The molecule has 1 aromatic rings. The number of hydrogen-bond acceptors (Lipinski definition) is 4. The number of methoxy groups -OCH3 is 1. The Balaban J connectivity index is 2.55. The van der Waals surface area contributed by atoms with E-state index in [2.05, 4.69) is 11.7 Å². The second kappa shape index (κ2) is 8.64. The molecule has 1 rings (SSSR count). The van der Waals surface area contributed by atoms with E-state index in [1.807, 2.05) is 0 Å². The third kappa shape index (κ3) is 5.57. The van der Waals surface area contributed by atoms with Gasteiger partial charge in [-0.1, -0.05) is 6.08 Å². The van der Waals surface area contributed by atoms with E-state index in [1.54, 1.807) is 50.5 Å². The third-order valence-electron chi connectivity index (χ3n) is 2.97. The fourth-order valence-electron chi connectivity index (χ4n) is 1.69. The number of nitrogens with zero attached hydrogens (tertiary/aromatic N) is 1. The first-order valence-corrected chi connectivity index (χ1v) is 6.58. The zero-order valence-corrected chi connectivity index (χ0v) is 12.3. The molecule has 0 fully saturated rings. The molecule has 0 aliphatic rings. The summed E-state index contributed by atoms with van der Waals surface area (Å²) < 4.78 is 5.03. The van der Waals surface area contributed by atoms with Crippen LogP contribution in [0.15, 0.2) is 53.2 Å². The molecule has 21 heavy (non-hydrogen) atoms. The van der Waals surface area contributed by atoms with E-state index in [-0.39, 0.29) is 24.4 Å². The standard InChI is InChI=1S/C17H19NO3/c1-13(5-4-12-18-2)16(19)10-11-17(20)14-6-8-15(21-3)9-7-14/h4-9,12H,2,10-11H2,1,3H3/b12-4-,13-5+. The Morgan fingerprint density at radius 3 is 2.48 bits per heavy atom. The number of carbonyl (C=O) groups is 2. The smallest absolute Gasteiger partial charge is 0.163 e. The topological polar surface area (TPSA) is 55.7 Å². The number of hydrogen-bond donors (Lipinski definition) is 0. The van der Waals surface area contributed by atoms with E-state index in [0.717, 1.165) is 0 Å². The lowest BCUT2D eigenvalue weighted by molar-refractivity contribution is -0.115. The van der Waals surface area contributed by atoms with Crippen LogP contribution in [0.4, 0.5) is 0 Å². The summed E-state index contributed by atoms with van der Waals surface area (Å²) in [6.45, 7) is 5.02. The predicted octanol–water partition coefficient (Wildman–Crippen LogP) is 3.39. The van der Waals surface area contributed by atoms with E-state index in [9.17, 15) is 9.59 Å². The number of carbonyl (C=O) groups excluding carboxylic acids is 2. The predicted molar refractivity (Wildman–Crippen MR) is 84.0 cm³/mol. The van der Waals surface area contributed by atoms with Crippen molar-refractivity contribution in [2.75, 3.05) is 7.11 Å². The number of Topliss-reactive ketones (excluding diaryl/α,β-unsaturated/α-hetero) is 2. The van der Waals surface area contributed by atoms with Crippen LogP contribution in [0.5, 0.6) is 5.75 Å². The quantitative estimate of drug-likeness (QED) is 0.318. The molecule has 0 spiro atoms. The average molecular weight is 285 g/mol. The molecule has 4 nitrogen and oxygen atoms in total. The fourth-order valence-corrected chi connectivity index (χ4v) is 1.69. The first-order valence-electron chi connectivity index (χ1n) is 6.58. The minimum atomic E-state index is -0.0536. The lowest BCUT2D eigenvalue weighted by atomic mass is 10.0. The number of ketones is 2. The van der Waals surface area contributed by atoms with E-state index in [1.165, 1.54) is 6.20 Å². The van der Waals surface area contributed by atoms with Gasteiger partial charge in [0.05, 0.1) is 7.11 Å². The third-order valence-corrected chi connectivity index (χ3v) is 2.97. The maximum absolute atomic E-state index is 12.0. The molecule has 0 aromatic heterocycles. The highest BCUT2D eigenvalue weighted by atomic mass is 16.5. The van der Waals surface area contributed by atoms with Crippen molar-refractivity contribution in [1.29, 1.82) is 0 Å². The molecule has 0 saturated carbocycles. The molecule has 0 N–H and O–H groups in total. The maximum atomic E-state index is 12.0. The molecule has 0 bridgehead atoms. The van der Waals surface area contributed by atoms with Crippen LogP contribution < -0.4 is 4.74 Å². The SMILES string of the molecule is C=N/C=C\C=C(/C)C(=O)CCC(=O)c1ccc(OC)cc1. The summed E-state index contributed by atoms with van der Waals surface area (Å²) in [5.74, 6) is 0.594. The number of rotatable bonds is 8. The van der Waals surface area contributed by atoms with Crippen molar-refractivity contribution in [1.82, 2.24) is 0 Å². The fraction of sp³-hybridized carbons (Fsp3) is 0.235. The summed E-state index contributed by atoms with van der Waals surface area (Å²) >= 11 is 0. The highest BCUT2D eigenvalue weighted by molar-refractivity contribution is 6.01. The zero-order valence-electron chi connectivity index (χ0n) is 12.3. The van der Waals surface area contributed by atoms with Gasteiger partial charge in [0.15, 0.2) is 11.6 Å². The van der Waals surface area contributed by atoms with E-state index >= 15 is 0 Å². The molecular formula is C17H19NO3. The molecule has 1 aromatic carbocycles. The van der Waals surface area contributed by atoms with Crippen LogP contribution in [0, 0.1) is 0 Å². The van der Waals surface area contributed by atoms with E-state index in [4.69, 9.17) is 4.74 Å². The molecule has 0 amide bonds. The Labute approximate surface area is 124 Å². The molecule has 0 unspecified atom stereocenters. The molecule has 0 saturated heterocycles. The molecule has 0 aliphatic heterocycles. The van der Waals surface area contributed by atoms with Crippen molar-refractivity contribution in [2.24, 2.45) is 4.99 Å². The lowest BCUT2D eigenvalue weighted by Gasteiger charge is -2.03. The first kappa shape index (κ1) is 16.6. The highest BCUT2D eigenvalue weighted by Gasteiger charge is 2.10. The Bertz CT molecular complexity index is 568. The van der Waals surface area contributed by atoms with Crippen molar-refractivity contribution >= 4 is 18.3 Å². The van der Waals surface area contributed by atoms with Gasteiger partial charge in [0, 0.05) is 24.6 Å². The second-order valence-electron chi connectivity index (χ2n) is 4.45. The number of benzene rings is 1. The number of allylic oxidation sites excluding steroid dienone is 3. The molecule has 110 valence electrons. The molecular weight excluding hydrogens is 266 g/mol. The van der Waals surface area contributed by atoms with Gasteiger partial charge < -0.3 is 4.74 Å². The van der Waals surface area contributed by atoms with Crippen LogP contribution in [0.1, 0.15) is 30.1 Å². The lowest BCUT2D eigenvalue weighted by Crippen LogP contribution is -2.05. The maximum Gasteiger partial charge on any atom is 0.163 e. The molecule has 0 atom stereocenters. The molecule has 0 radical (unpaired) electrons. The van der Waals surface area contributed by atoms with Crippen LogP contribution >= 0.6 is 0 Å². The van der Waals surface area contributed by atoms with Crippen molar-refractivity contribution in [2.45, 2.75) is 19.8 Å². The van der Waals surface area contributed by atoms with Crippen LogP contribution in [-0.4, -0.2) is 25.4 Å². The summed E-state index contributed by atoms with van der Waals surface area (Å²) in [5.41, 5.74) is 1.18. The van der Waals surface area contributed by atoms with Crippen molar-refractivity contribution in [3.8, 4) is 5.75 Å². The van der Waals surface area contributed by atoms with Gasteiger partial charge >= 0.3 is 0 Å². The van der Waals surface area contributed by atoms with Gasteiger partial charge in [0.25, 0.3) is 0 Å². The summed E-state index contributed by atoms with van der Waals surface area (Å²) in [5, 5.41) is 0. The minimum absolute atomic E-state index is 0.0504. The van der Waals surface area contributed by atoms with Crippen LogP contribution in [-0.2, 0) is 4.79 Å². The molecule has 0 heterocycles. The first-order chi connectivity index (χ1) is 10.1. The second-order valence-corrected chi connectivity index (χ2v) is 4.45. The summed E-state index contributed by atoms with van der Waals surface area (Å²) in [4.78, 5) is 27.4. The van der Waals surface area contributed by atoms with Crippen LogP contribution in [0.3, 0.4) is 0 Å². The Kier molecular flexibility index (Phi) is 6.81. The van der Waals surface area contributed by atoms with Gasteiger partial charge in [-0.15, -0.1) is 0 Å². The summed E-state index contributed by atoms with van der Waals surface area (Å²) in [7, 11) is 1.57.